The molecule has 23 heavy (non-hydrogen) atoms. The van der Waals surface area contributed by atoms with Crippen molar-refractivity contribution in [3.05, 3.63) is 35.4 Å². The van der Waals surface area contributed by atoms with Gasteiger partial charge in [0.2, 0.25) is 0 Å². The van der Waals surface area contributed by atoms with Crippen molar-refractivity contribution in [2.24, 2.45) is 5.92 Å². The van der Waals surface area contributed by atoms with E-state index in [2.05, 4.69) is 0 Å². The molecular weight excluding hydrogens is 296 g/mol. The summed E-state index contributed by atoms with van der Waals surface area (Å²) in [6, 6.07) is 8.84. The van der Waals surface area contributed by atoms with Crippen LogP contribution in [0.5, 0.6) is 0 Å². The van der Waals surface area contributed by atoms with Gasteiger partial charge in [0.1, 0.15) is 5.60 Å². The van der Waals surface area contributed by atoms with Crippen LogP contribution in [0.2, 0.25) is 0 Å². The van der Waals surface area contributed by atoms with E-state index in [1.165, 1.54) is 4.90 Å². The third-order valence-electron chi connectivity index (χ3n) is 3.76. The number of nitriles is 1. The van der Waals surface area contributed by atoms with Crippen molar-refractivity contribution in [3.63, 3.8) is 0 Å². The van der Waals surface area contributed by atoms with Gasteiger partial charge in [0.15, 0.2) is 0 Å². The van der Waals surface area contributed by atoms with E-state index < -0.39 is 23.6 Å². The van der Waals surface area contributed by atoms with Gasteiger partial charge in [0, 0.05) is 19.0 Å². The van der Waals surface area contributed by atoms with Gasteiger partial charge in [0.25, 0.3) is 0 Å². The number of aliphatic carboxylic acids is 1. The molecule has 1 aliphatic heterocycles. The predicted molar refractivity (Wildman–Crippen MR) is 82.8 cm³/mol. The molecule has 122 valence electrons. The molecule has 1 aromatic rings. The highest BCUT2D eigenvalue weighted by atomic mass is 16.6. The van der Waals surface area contributed by atoms with Crippen LogP contribution in [0.15, 0.2) is 24.3 Å². The highest BCUT2D eigenvalue weighted by Gasteiger charge is 2.41. The van der Waals surface area contributed by atoms with Gasteiger partial charge in [-0.05, 0) is 38.5 Å². The second-order valence-electron chi connectivity index (χ2n) is 6.67. The van der Waals surface area contributed by atoms with E-state index in [0.717, 1.165) is 5.56 Å². The molecule has 1 N–H and O–H groups in total. The molecule has 2 atom stereocenters. The highest BCUT2D eigenvalue weighted by molar-refractivity contribution is 5.76. The fourth-order valence-electron chi connectivity index (χ4n) is 2.67. The van der Waals surface area contributed by atoms with Crippen molar-refractivity contribution >= 4 is 12.1 Å². The third-order valence-corrected chi connectivity index (χ3v) is 3.76. The van der Waals surface area contributed by atoms with Gasteiger partial charge in [-0.2, -0.15) is 5.26 Å². The van der Waals surface area contributed by atoms with Gasteiger partial charge in [-0.1, -0.05) is 12.1 Å². The highest BCUT2D eigenvalue weighted by Crippen LogP contribution is 2.33. The summed E-state index contributed by atoms with van der Waals surface area (Å²) in [4.78, 5) is 25.1. The number of hydrogen-bond donors (Lipinski definition) is 1. The maximum absolute atomic E-state index is 12.2. The van der Waals surface area contributed by atoms with Crippen LogP contribution in [0.1, 0.15) is 37.8 Å². The van der Waals surface area contributed by atoms with E-state index in [9.17, 15) is 14.7 Å². The Morgan fingerprint density at radius 2 is 1.87 bits per heavy atom. The summed E-state index contributed by atoms with van der Waals surface area (Å²) in [5, 5.41) is 18.3. The van der Waals surface area contributed by atoms with Crippen molar-refractivity contribution in [3.8, 4) is 6.07 Å². The van der Waals surface area contributed by atoms with Gasteiger partial charge >= 0.3 is 12.1 Å². The van der Waals surface area contributed by atoms with Crippen molar-refractivity contribution < 1.29 is 19.4 Å². The third kappa shape index (κ3) is 4.01. The Morgan fingerprint density at radius 3 is 2.35 bits per heavy atom. The molecular formula is C17H20N2O4. The summed E-state index contributed by atoms with van der Waals surface area (Å²) in [6.07, 6.45) is -0.500. The SMILES string of the molecule is CC(C)(C)OC(=O)N1C[C@H](C(=O)O)[C@H](c2ccc(C#N)cc2)C1. The minimum atomic E-state index is -0.939. The number of likely N-dealkylation sites (tertiary alicyclic amines) is 1. The zero-order valence-corrected chi connectivity index (χ0v) is 13.4. The summed E-state index contributed by atoms with van der Waals surface area (Å²) >= 11 is 0. The second-order valence-corrected chi connectivity index (χ2v) is 6.67. The first-order valence-electron chi connectivity index (χ1n) is 7.42. The maximum atomic E-state index is 12.2. The molecule has 0 bridgehead atoms. The minimum absolute atomic E-state index is 0.120. The Bertz CT molecular complexity index is 640. The number of benzene rings is 1. The van der Waals surface area contributed by atoms with E-state index in [0.29, 0.717) is 5.56 Å². The summed E-state index contributed by atoms with van der Waals surface area (Å²) in [7, 11) is 0. The first-order chi connectivity index (χ1) is 10.7. The van der Waals surface area contributed by atoms with Gasteiger partial charge in [0.05, 0.1) is 17.6 Å². The molecule has 0 spiro atoms. The van der Waals surface area contributed by atoms with Gasteiger partial charge in [-0.3, -0.25) is 4.79 Å². The van der Waals surface area contributed by atoms with Crippen molar-refractivity contribution in [1.82, 2.24) is 4.90 Å². The van der Waals surface area contributed by atoms with E-state index >= 15 is 0 Å². The molecule has 1 amide bonds. The monoisotopic (exact) mass is 316 g/mol. The molecule has 0 aliphatic carbocycles. The molecule has 6 heteroatoms. The summed E-state index contributed by atoms with van der Waals surface area (Å²) < 4.78 is 5.32. The molecule has 1 aromatic carbocycles. The molecule has 0 saturated carbocycles. The minimum Gasteiger partial charge on any atom is -0.481 e. The molecule has 1 fully saturated rings. The lowest BCUT2D eigenvalue weighted by atomic mass is 9.89. The fourth-order valence-corrected chi connectivity index (χ4v) is 2.67. The number of carbonyl (C=O) groups is 2. The normalized spacial score (nSPS) is 20.9. The van der Waals surface area contributed by atoms with E-state index in [-0.39, 0.29) is 19.0 Å². The fraction of sp³-hybridized carbons (Fsp3) is 0.471. The van der Waals surface area contributed by atoms with Crippen molar-refractivity contribution in [2.45, 2.75) is 32.3 Å². The Morgan fingerprint density at radius 1 is 1.26 bits per heavy atom. The summed E-state index contributed by atoms with van der Waals surface area (Å²) in [5.41, 5.74) is 0.701. The van der Waals surface area contributed by atoms with Gasteiger partial charge in [-0.15, -0.1) is 0 Å². The quantitative estimate of drug-likeness (QED) is 0.905. The van der Waals surface area contributed by atoms with Gasteiger partial charge in [-0.25, -0.2) is 4.79 Å². The summed E-state index contributed by atoms with van der Waals surface area (Å²) in [5.74, 6) is -1.94. The molecule has 1 saturated heterocycles. The van der Waals surface area contributed by atoms with Crippen LogP contribution in [0.4, 0.5) is 4.79 Å². The number of hydrogen-bond acceptors (Lipinski definition) is 4. The zero-order chi connectivity index (χ0) is 17.2. The van der Waals surface area contributed by atoms with E-state index in [1.54, 1.807) is 45.0 Å². The summed E-state index contributed by atoms with van der Waals surface area (Å²) in [6.45, 7) is 5.72. The second kappa shape index (κ2) is 6.29. The van der Waals surface area contributed by atoms with Gasteiger partial charge < -0.3 is 14.7 Å². The van der Waals surface area contributed by atoms with E-state index in [1.807, 2.05) is 6.07 Å². The van der Waals surface area contributed by atoms with E-state index in [4.69, 9.17) is 10.00 Å². The van der Waals surface area contributed by atoms with Crippen LogP contribution < -0.4 is 0 Å². The first kappa shape index (κ1) is 16.8. The van der Waals surface area contributed by atoms with Crippen molar-refractivity contribution in [1.29, 1.82) is 5.26 Å². The van der Waals surface area contributed by atoms with Crippen molar-refractivity contribution in [2.75, 3.05) is 13.1 Å². The lowest BCUT2D eigenvalue weighted by molar-refractivity contribution is -0.141. The molecule has 6 nitrogen and oxygen atoms in total. The molecule has 2 rings (SSSR count). The zero-order valence-electron chi connectivity index (χ0n) is 13.4. The lowest BCUT2D eigenvalue weighted by Gasteiger charge is -2.24. The number of rotatable bonds is 2. The number of carboxylic acids is 1. The largest absolute Gasteiger partial charge is 0.481 e. The average Bonchev–Trinajstić information content (AvgIpc) is 2.91. The molecule has 0 unspecified atom stereocenters. The predicted octanol–water partition coefficient (Wildman–Crippen LogP) is 2.59. The Kier molecular flexibility index (Phi) is 4.60. The van der Waals surface area contributed by atoms with Crippen LogP contribution >= 0.6 is 0 Å². The number of carbonyl (C=O) groups excluding carboxylic acids is 1. The molecule has 1 aliphatic rings. The molecule has 0 radical (unpaired) electrons. The number of ether oxygens (including phenoxy) is 1. The maximum Gasteiger partial charge on any atom is 0.410 e. The molecule has 0 aromatic heterocycles. The molecule has 1 heterocycles. The van der Waals surface area contributed by atoms with Crippen LogP contribution in [-0.2, 0) is 9.53 Å². The van der Waals surface area contributed by atoms with Crippen LogP contribution in [0.3, 0.4) is 0 Å². The number of nitrogens with zero attached hydrogens (tertiary/aromatic N) is 2. The average molecular weight is 316 g/mol. The number of carboxylic acid groups (broad SMARTS) is 1. The van der Waals surface area contributed by atoms with Crippen LogP contribution in [-0.4, -0.2) is 40.8 Å². The Balaban J connectivity index is 2.19. The van der Waals surface area contributed by atoms with Crippen LogP contribution in [0.25, 0.3) is 0 Å². The van der Waals surface area contributed by atoms with Crippen LogP contribution in [0, 0.1) is 17.2 Å². The Labute approximate surface area is 135 Å². The lowest BCUT2D eigenvalue weighted by Crippen LogP contribution is -2.35. The standard InChI is InChI=1S/C17H20N2O4/c1-17(2,3)23-16(22)19-9-13(14(10-19)15(20)21)12-6-4-11(8-18)5-7-12/h4-7,13-14H,9-10H2,1-3H3,(H,20,21)/t13-,14-/m0/s1. The Hall–Kier alpha value is -2.55. The smallest absolute Gasteiger partial charge is 0.410 e. The topological polar surface area (TPSA) is 90.6 Å². The number of amides is 1. The first-order valence-corrected chi connectivity index (χ1v) is 7.42.